The van der Waals surface area contributed by atoms with E-state index in [-0.39, 0.29) is 10.9 Å². The molecule has 3 rings (SSSR count). The van der Waals surface area contributed by atoms with Crippen molar-refractivity contribution >= 4 is 39.4 Å². The summed E-state index contributed by atoms with van der Waals surface area (Å²) in [5.41, 5.74) is 0.465. The van der Waals surface area contributed by atoms with E-state index in [1.54, 1.807) is 31.2 Å². The maximum atomic E-state index is 12.8. The van der Waals surface area contributed by atoms with Crippen molar-refractivity contribution in [2.24, 2.45) is 0 Å². The van der Waals surface area contributed by atoms with E-state index in [1.165, 1.54) is 16.6 Å². The third-order valence-corrected chi connectivity index (χ3v) is 8.36. The Kier molecular flexibility index (Phi) is 7.55. The Morgan fingerprint density at radius 1 is 1.23 bits per heavy atom. The minimum absolute atomic E-state index is 0.113. The van der Waals surface area contributed by atoms with Crippen molar-refractivity contribution in [2.45, 2.75) is 67.8 Å². The molecular weight excluding hydrogens is 440 g/mol. The maximum Gasteiger partial charge on any atom is 0.321 e. The highest BCUT2D eigenvalue weighted by molar-refractivity contribution is 8.00. The van der Waals surface area contributed by atoms with E-state index in [1.807, 2.05) is 0 Å². The molecule has 0 spiro atoms. The van der Waals surface area contributed by atoms with Gasteiger partial charge in [0.05, 0.1) is 10.1 Å². The second-order valence-corrected chi connectivity index (χ2v) is 10.6. The molecule has 0 bridgehead atoms. The fourth-order valence-corrected chi connectivity index (χ4v) is 5.80. The van der Waals surface area contributed by atoms with E-state index in [2.05, 4.69) is 20.8 Å². The third kappa shape index (κ3) is 5.36. The maximum absolute atomic E-state index is 12.8. The first-order chi connectivity index (χ1) is 14.8. The van der Waals surface area contributed by atoms with Crippen LogP contribution in [0, 0.1) is 0 Å². The smallest absolute Gasteiger partial charge is 0.321 e. The average molecular weight is 469 g/mol. The van der Waals surface area contributed by atoms with Gasteiger partial charge in [0.2, 0.25) is 15.9 Å². The summed E-state index contributed by atoms with van der Waals surface area (Å²) >= 11 is 1.10. The first-order valence-electron chi connectivity index (χ1n) is 10.4. The number of hydrogen-bond acceptors (Lipinski definition) is 7. The number of rotatable bonds is 8. The summed E-state index contributed by atoms with van der Waals surface area (Å²) < 4.78 is 28.6. The van der Waals surface area contributed by atoms with Crippen molar-refractivity contribution in [3.05, 3.63) is 18.3 Å². The van der Waals surface area contributed by atoms with Crippen molar-refractivity contribution in [3.63, 3.8) is 0 Å². The summed E-state index contributed by atoms with van der Waals surface area (Å²) in [6.45, 7) is 5.94. The highest BCUT2D eigenvalue weighted by atomic mass is 32.2. The number of amides is 3. The van der Waals surface area contributed by atoms with Gasteiger partial charge < -0.3 is 5.32 Å². The number of carbonyl (C=O) groups is 2. The van der Waals surface area contributed by atoms with Crippen molar-refractivity contribution in [1.82, 2.24) is 29.5 Å². The van der Waals surface area contributed by atoms with Gasteiger partial charge in [0.25, 0.3) is 0 Å². The molecule has 1 aliphatic carbocycles. The Morgan fingerprint density at radius 2 is 1.90 bits per heavy atom. The van der Waals surface area contributed by atoms with Crippen molar-refractivity contribution in [1.29, 1.82) is 0 Å². The molecule has 2 aromatic rings. The molecule has 1 aliphatic rings. The van der Waals surface area contributed by atoms with Gasteiger partial charge >= 0.3 is 6.03 Å². The predicted molar refractivity (Wildman–Crippen MR) is 117 cm³/mol. The zero-order valence-electron chi connectivity index (χ0n) is 17.9. The van der Waals surface area contributed by atoms with Crippen LogP contribution in [0.2, 0.25) is 0 Å². The first kappa shape index (κ1) is 23.5. The molecule has 170 valence electrons. The van der Waals surface area contributed by atoms with Crippen LogP contribution in [-0.4, -0.2) is 63.6 Å². The van der Waals surface area contributed by atoms with Gasteiger partial charge in [-0.2, -0.15) is 4.31 Å². The minimum atomic E-state index is -3.64. The summed E-state index contributed by atoms with van der Waals surface area (Å²) in [7, 11) is -3.64. The summed E-state index contributed by atoms with van der Waals surface area (Å²) in [4.78, 5) is 24.6. The zero-order chi connectivity index (χ0) is 22.6. The molecule has 0 aliphatic heterocycles. The van der Waals surface area contributed by atoms with Crippen molar-refractivity contribution in [3.8, 4) is 0 Å². The molecule has 10 nitrogen and oxygen atoms in total. The van der Waals surface area contributed by atoms with Gasteiger partial charge in [0.15, 0.2) is 10.8 Å². The number of pyridine rings is 1. The van der Waals surface area contributed by atoms with Crippen LogP contribution in [-0.2, 0) is 14.8 Å². The standard InChI is InChI=1S/C19H28N6O4S2/c1-4-24(5-2)31(28,29)15-10-11-16-22-23-19(25(16)12-15)30-13(3)17(26)21-18(27)20-14-8-6-7-9-14/h10-14H,4-9H2,1-3H3,(H2,20,21,26,27). The normalized spacial score (nSPS) is 16.0. The Bertz CT molecular complexity index is 1040. The molecule has 3 amide bonds. The number of fused-ring (bicyclic) bond motifs is 1. The molecule has 2 heterocycles. The number of aromatic nitrogens is 3. The van der Waals surface area contributed by atoms with Crippen molar-refractivity contribution in [2.75, 3.05) is 13.1 Å². The largest absolute Gasteiger partial charge is 0.335 e. The van der Waals surface area contributed by atoms with Crippen LogP contribution in [0.15, 0.2) is 28.4 Å². The number of nitrogens with one attached hydrogen (secondary N) is 2. The molecule has 0 saturated heterocycles. The molecule has 1 saturated carbocycles. The average Bonchev–Trinajstić information content (AvgIpc) is 3.38. The Hall–Kier alpha value is -2.18. The highest BCUT2D eigenvalue weighted by Gasteiger charge is 2.25. The van der Waals surface area contributed by atoms with E-state index in [0.717, 1.165) is 37.4 Å². The van der Waals surface area contributed by atoms with E-state index in [4.69, 9.17) is 0 Å². The van der Waals surface area contributed by atoms with Gasteiger partial charge in [-0.05, 0) is 31.9 Å². The number of carbonyl (C=O) groups excluding carboxylic acids is 2. The highest BCUT2D eigenvalue weighted by Crippen LogP contribution is 2.24. The summed E-state index contributed by atoms with van der Waals surface area (Å²) in [5, 5.41) is 13.0. The number of thioether (sulfide) groups is 1. The molecule has 31 heavy (non-hydrogen) atoms. The van der Waals surface area contributed by atoms with Crippen LogP contribution in [0.25, 0.3) is 5.65 Å². The van der Waals surface area contributed by atoms with E-state index < -0.39 is 27.2 Å². The monoisotopic (exact) mass is 468 g/mol. The topological polar surface area (TPSA) is 126 Å². The minimum Gasteiger partial charge on any atom is -0.335 e. The predicted octanol–water partition coefficient (Wildman–Crippen LogP) is 2.01. The number of nitrogens with zero attached hydrogens (tertiary/aromatic N) is 4. The quantitative estimate of drug-likeness (QED) is 0.568. The zero-order valence-corrected chi connectivity index (χ0v) is 19.5. The molecule has 12 heteroatoms. The molecular formula is C19H28N6O4S2. The second-order valence-electron chi connectivity index (χ2n) is 7.37. The molecule has 0 radical (unpaired) electrons. The Labute approximate surface area is 186 Å². The van der Waals surface area contributed by atoms with Crippen LogP contribution < -0.4 is 10.6 Å². The lowest BCUT2D eigenvalue weighted by Gasteiger charge is -2.18. The molecule has 2 aromatic heterocycles. The van der Waals surface area contributed by atoms with Crippen LogP contribution in [0.4, 0.5) is 4.79 Å². The second kappa shape index (κ2) is 9.96. The lowest BCUT2D eigenvalue weighted by molar-refractivity contribution is -0.119. The fraction of sp³-hybridized carbons (Fsp3) is 0.579. The number of imide groups is 1. The Morgan fingerprint density at radius 3 is 2.55 bits per heavy atom. The van der Waals surface area contributed by atoms with Gasteiger partial charge in [-0.25, -0.2) is 13.2 Å². The van der Waals surface area contributed by atoms with Crippen LogP contribution in [0.3, 0.4) is 0 Å². The fourth-order valence-electron chi connectivity index (χ4n) is 3.51. The van der Waals surface area contributed by atoms with Crippen molar-refractivity contribution < 1.29 is 18.0 Å². The van der Waals surface area contributed by atoms with Crippen LogP contribution in [0.5, 0.6) is 0 Å². The van der Waals surface area contributed by atoms with Gasteiger partial charge in [-0.15, -0.1) is 10.2 Å². The summed E-state index contributed by atoms with van der Waals surface area (Å²) in [6.07, 6.45) is 5.48. The number of hydrogen-bond donors (Lipinski definition) is 2. The Balaban J connectivity index is 1.72. The SMILES string of the molecule is CCN(CC)S(=O)(=O)c1ccc2nnc(SC(C)C(=O)NC(=O)NC3CCCC3)n2c1. The van der Waals surface area contributed by atoms with E-state index in [9.17, 15) is 18.0 Å². The van der Waals surface area contributed by atoms with Crippen LogP contribution >= 0.6 is 11.8 Å². The lowest BCUT2D eigenvalue weighted by atomic mass is 10.2. The van der Waals surface area contributed by atoms with Gasteiger partial charge in [-0.3, -0.25) is 14.5 Å². The van der Waals surface area contributed by atoms with Gasteiger partial charge in [0.1, 0.15) is 0 Å². The summed E-state index contributed by atoms with van der Waals surface area (Å²) in [5.74, 6) is -0.454. The molecule has 1 atom stereocenters. The first-order valence-corrected chi connectivity index (χ1v) is 12.7. The van der Waals surface area contributed by atoms with Gasteiger partial charge in [0, 0.05) is 25.3 Å². The molecule has 1 fully saturated rings. The van der Waals surface area contributed by atoms with Crippen LogP contribution in [0.1, 0.15) is 46.5 Å². The summed E-state index contributed by atoms with van der Waals surface area (Å²) in [6, 6.07) is 2.69. The molecule has 1 unspecified atom stereocenters. The number of urea groups is 1. The van der Waals surface area contributed by atoms with Gasteiger partial charge in [-0.1, -0.05) is 38.5 Å². The lowest BCUT2D eigenvalue weighted by Crippen LogP contribution is -2.45. The van der Waals surface area contributed by atoms with E-state index in [0.29, 0.717) is 23.9 Å². The number of sulfonamides is 1. The molecule has 0 aromatic carbocycles. The van der Waals surface area contributed by atoms with E-state index >= 15 is 0 Å². The third-order valence-electron chi connectivity index (χ3n) is 5.27. The molecule has 2 N–H and O–H groups in total.